The van der Waals surface area contributed by atoms with E-state index in [2.05, 4.69) is 6.92 Å². The molecule has 0 aromatic carbocycles. The molecule has 0 aliphatic rings. The van der Waals surface area contributed by atoms with Crippen LogP contribution in [0.4, 0.5) is 0 Å². The molecule has 1 atom stereocenters. The molecule has 86 valence electrons. The van der Waals surface area contributed by atoms with Crippen LogP contribution in [0.1, 0.15) is 39.5 Å². The molecule has 4 heteroatoms. The maximum atomic E-state index is 11.1. The molecule has 2 amide bonds. The second kappa shape index (κ2) is 7.04. The zero-order valence-corrected chi connectivity index (χ0v) is 9.45. The molecular weight excluding hydrogens is 192 g/mol. The van der Waals surface area contributed by atoms with Crippen LogP contribution >= 0.6 is 0 Å². The molecule has 0 fully saturated rings. The van der Waals surface area contributed by atoms with Gasteiger partial charge in [-0.1, -0.05) is 33.1 Å². The van der Waals surface area contributed by atoms with Crippen molar-refractivity contribution in [3.63, 3.8) is 0 Å². The molecule has 4 N–H and O–H groups in total. The van der Waals surface area contributed by atoms with Crippen molar-refractivity contribution in [2.45, 2.75) is 39.5 Å². The highest BCUT2D eigenvalue weighted by molar-refractivity contribution is 5.99. The van der Waals surface area contributed by atoms with E-state index in [9.17, 15) is 9.59 Å². The Morgan fingerprint density at radius 3 is 2.27 bits per heavy atom. The molecule has 0 aromatic rings. The van der Waals surface area contributed by atoms with E-state index in [0.29, 0.717) is 5.57 Å². The Kier molecular flexibility index (Phi) is 6.42. The van der Waals surface area contributed by atoms with Crippen LogP contribution in [-0.4, -0.2) is 11.8 Å². The van der Waals surface area contributed by atoms with Crippen molar-refractivity contribution < 1.29 is 9.59 Å². The minimum absolute atomic E-state index is 0.00144. The first-order valence-electron chi connectivity index (χ1n) is 5.29. The number of hydrogen-bond acceptors (Lipinski definition) is 2. The van der Waals surface area contributed by atoms with Gasteiger partial charge in [0.2, 0.25) is 11.8 Å². The summed E-state index contributed by atoms with van der Waals surface area (Å²) in [6.07, 6.45) is 5.26. The summed E-state index contributed by atoms with van der Waals surface area (Å²) >= 11 is 0. The lowest BCUT2D eigenvalue weighted by molar-refractivity contribution is -0.117. The molecule has 0 heterocycles. The van der Waals surface area contributed by atoms with Gasteiger partial charge >= 0.3 is 0 Å². The van der Waals surface area contributed by atoms with Gasteiger partial charge in [-0.3, -0.25) is 9.59 Å². The number of hydrogen-bond donors (Lipinski definition) is 2. The van der Waals surface area contributed by atoms with E-state index in [-0.39, 0.29) is 5.92 Å². The summed E-state index contributed by atoms with van der Waals surface area (Å²) < 4.78 is 0. The van der Waals surface area contributed by atoms with Gasteiger partial charge < -0.3 is 11.5 Å². The molecule has 0 saturated carbocycles. The summed E-state index contributed by atoms with van der Waals surface area (Å²) in [6, 6.07) is 0. The number of carbonyl (C=O) groups excluding carboxylic acids is 2. The first-order chi connectivity index (χ1) is 6.99. The lowest BCUT2D eigenvalue weighted by atomic mass is 9.94. The highest BCUT2D eigenvalue weighted by atomic mass is 16.1. The van der Waals surface area contributed by atoms with Crippen LogP contribution in [0, 0.1) is 5.92 Å². The molecule has 0 spiro atoms. The predicted octanol–water partition coefficient (Wildman–Crippen LogP) is 1.10. The summed E-state index contributed by atoms with van der Waals surface area (Å²) in [5.74, 6) is -1.18. The molecule has 4 nitrogen and oxygen atoms in total. The molecule has 0 saturated heterocycles. The normalized spacial score (nSPS) is 13.6. The van der Waals surface area contributed by atoms with Crippen molar-refractivity contribution in [2.75, 3.05) is 0 Å². The average molecular weight is 212 g/mol. The predicted molar refractivity (Wildman–Crippen MR) is 59.8 cm³/mol. The Hall–Kier alpha value is -1.32. The molecule has 0 aliphatic heterocycles. The molecule has 1 unspecified atom stereocenters. The monoisotopic (exact) mass is 212 g/mol. The van der Waals surface area contributed by atoms with Gasteiger partial charge in [0.15, 0.2) is 0 Å². The fourth-order valence-electron chi connectivity index (χ4n) is 1.47. The van der Waals surface area contributed by atoms with Crippen LogP contribution in [0.2, 0.25) is 0 Å². The van der Waals surface area contributed by atoms with Crippen LogP contribution in [0.3, 0.4) is 0 Å². The van der Waals surface area contributed by atoms with Gasteiger partial charge in [0.1, 0.15) is 0 Å². The maximum Gasteiger partial charge on any atom is 0.245 e. The Morgan fingerprint density at radius 1 is 1.27 bits per heavy atom. The third-order valence-corrected chi connectivity index (χ3v) is 2.35. The zero-order valence-electron chi connectivity index (χ0n) is 9.45. The summed E-state index contributed by atoms with van der Waals surface area (Å²) in [4.78, 5) is 21.7. The Balaban J connectivity index is 4.37. The zero-order chi connectivity index (χ0) is 11.8. The molecule has 0 rings (SSSR count). The average Bonchev–Trinajstić information content (AvgIpc) is 2.13. The van der Waals surface area contributed by atoms with Gasteiger partial charge in [0, 0.05) is 11.6 Å². The van der Waals surface area contributed by atoms with Gasteiger partial charge in [-0.25, -0.2) is 0 Å². The standard InChI is InChI=1S/C11H20N2O2/c1-3-4-5-6-8(2)9(11(13)15)7-10(12)14/h7-8H,3-6H2,1-2H3,(H2,12,14)(H2,13,15). The molecule has 0 aromatic heterocycles. The van der Waals surface area contributed by atoms with E-state index >= 15 is 0 Å². The minimum Gasteiger partial charge on any atom is -0.366 e. The van der Waals surface area contributed by atoms with Crippen molar-refractivity contribution in [3.8, 4) is 0 Å². The van der Waals surface area contributed by atoms with E-state index in [4.69, 9.17) is 11.5 Å². The molecular formula is C11H20N2O2. The van der Waals surface area contributed by atoms with Crippen molar-refractivity contribution in [1.29, 1.82) is 0 Å². The number of primary amides is 2. The van der Waals surface area contributed by atoms with Crippen molar-refractivity contribution in [3.05, 3.63) is 11.6 Å². The topological polar surface area (TPSA) is 86.2 Å². The van der Waals surface area contributed by atoms with E-state index in [1.165, 1.54) is 0 Å². The molecule has 0 aliphatic carbocycles. The van der Waals surface area contributed by atoms with Crippen LogP contribution in [-0.2, 0) is 9.59 Å². The molecule has 0 radical (unpaired) electrons. The molecule has 15 heavy (non-hydrogen) atoms. The van der Waals surface area contributed by atoms with E-state index in [1.54, 1.807) is 0 Å². The summed E-state index contributed by atoms with van der Waals surface area (Å²) in [5.41, 5.74) is 10.5. The summed E-state index contributed by atoms with van der Waals surface area (Å²) in [6.45, 7) is 3.99. The van der Waals surface area contributed by atoms with E-state index in [1.807, 2.05) is 6.92 Å². The summed E-state index contributed by atoms with van der Waals surface area (Å²) in [7, 11) is 0. The highest BCUT2D eigenvalue weighted by Gasteiger charge is 2.14. The lowest BCUT2D eigenvalue weighted by Gasteiger charge is -2.12. The largest absolute Gasteiger partial charge is 0.366 e. The van der Waals surface area contributed by atoms with Crippen LogP contribution in [0.15, 0.2) is 11.6 Å². The fourth-order valence-corrected chi connectivity index (χ4v) is 1.47. The van der Waals surface area contributed by atoms with Crippen LogP contribution in [0.25, 0.3) is 0 Å². The van der Waals surface area contributed by atoms with Crippen molar-refractivity contribution in [2.24, 2.45) is 17.4 Å². The first-order valence-corrected chi connectivity index (χ1v) is 5.29. The third-order valence-electron chi connectivity index (χ3n) is 2.35. The number of nitrogens with two attached hydrogens (primary N) is 2. The quantitative estimate of drug-likeness (QED) is 0.489. The minimum atomic E-state index is -0.619. The van der Waals surface area contributed by atoms with Gasteiger partial charge in [0.25, 0.3) is 0 Å². The Labute approximate surface area is 90.7 Å². The van der Waals surface area contributed by atoms with Crippen LogP contribution < -0.4 is 11.5 Å². The van der Waals surface area contributed by atoms with Gasteiger partial charge in [-0.05, 0) is 12.3 Å². The van der Waals surface area contributed by atoms with E-state index < -0.39 is 11.8 Å². The number of carbonyl (C=O) groups is 2. The van der Waals surface area contributed by atoms with E-state index in [0.717, 1.165) is 31.8 Å². The van der Waals surface area contributed by atoms with Crippen LogP contribution in [0.5, 0.6) is 0 Å². The first kappa shape index (κ1) is 13.7. The van der Waals surface area contributed by atoms with Gasteiger partial charge in [-0.2, -0.15) is 0 Å². The second-order valence-corrected chi connectivity index (χ2v) is 3.76. The number of amides is 2. The highest BCUT2D eigenvalue weighted by Crippen LogP contribution is 2.17. The van der Waals surface area contributed by atoms with Gasteiger partial charge in [-0.15, -0.1) is 0 Å². The number of rotatable bonds is 7. The van der Waals surface area contributed by atoms with Crippen molar-refractivity contribution >= 4 is 11.8 Å². The van der Waals surface area contributed by atoms with Crippen molar-refractivity contribution in [1.82, 2.24) is 0 Å². The fraction of sp³-hybridized carbons (Fsp3) is 0.636. The van der Waals surface area contributed by atoms with Gasteiger partial charge in [0.05, 0.1) is 0 Å². The summed E-state index contributed by atoms with van der Waals surface area (Å²) in [5, 5.41) is 0. The Morgan fingerprint density at radius 2 is 1.87 bits per heavy atom. The molecule has 0 bridgehead atoms. The lowest BCUT2D eigenvalue weighted by Crippen LogP contribution is -2.22. The maximum absolute atomic E-state index is 11.1. The second-order valence-electron chi connectivity index (χ2n) is 3.76. The smallest absolute Gasteiger partial charge is 0.245 e. The third kappa shape index (κ3) is 5.88. The Bertz CT molecular complexity index is 259. The SMILES string of the molecule is CCCCCC(C)C(=CC(N)=O)C(N)=O. The number of unbranched alkanes of at least 4 members (excludes halogenated alkanes) is 2.